The Kier molecular flexibility index (Phi) is 6.13. The van der Waals surface area contributed by atoms with Gasteiger partial charge in [-0.15, -0.1) is 0 Å². The van der Waals surface area contributed by atoms with Gasteiger partial charge in [-0.25, -0.2) is 13.1 Å². The van der Waals surface area contributed by atoms with Crippen molar-refractivity contribution in [1.82, 2.24) is 9.78 Å². The zero-order valence-electron chi connectivity index (χ0n) is 17.0. The Hall–Kier alpha value is -3.38. The SMILES string of the molecule is O=C(Nc1ccc(NS(=O)(=O)c2cnn(-c3ccccc3)c2)c(C(F)(F)F)c1)C1CCCO1. The molecule has 3 aromatic rings. The van der Waals surface area contributed by atoms with Gasteiger partial charge in [0.2, 0.25) is 0 Å². The lowest BCUT2D eigenvalue weighted by Gasteiger charge is -2.17. The largest absolute Gasteiger partial charge is 0.418 e. The Labute approximate surface area is 187 Å². The second-order valence-corrected chi connectivity index (χ2v) is 8.99. The van der Waals surface area contributed by atoms with E-state index in [0.29, 0.717) is 31.2 Å². The van der Waals surface area contributed by atoms with Gasteiger partial charge in [-0.1, -0.05) is 18.2 Å². The van der Waals surface area contributed by atoms with Crippen LogP contribution in [0.5, 0.6) is 0 Å². The van der Waals surface area contributed by atoms with Gasteiger partial charge in [0.25, 0.3) is 15.9 Å². The van der Waals surface area contributed by atoms with Crippen molar-refractivity contribution in [3.8, 4) is 5.69 Å². The number of sulfonamides is 1. The maximum Gasteiger partial charge on any atom is 0.418 e. The molecule has 12 heteroatoms. The van der Waals surface area contributed by atoms with E-state index in [1.165, 1.54) is 16.9 Å². The molecule has 33 heavy (non-hydrogen) atoms. The van der Waals surface area contributed by atoms with Crippen molar-refractivity contribution in [3.05, 3.63) is 66.5 Å². The molecule has 2 heterocycles. The molecule has 174 valence electrons. The van der Waals surface area contributed by atoms with Gasteiger partial charge in [-0.05, 0) is 43.2 Å². The molecular formula is C21H19F3N4O4S. The lowest BCUT2D eigenvalue weighted by molar-refractivity contribution is -0.137. The van der Waals surface area contributed by atoms with E-state index in [9.17, 15) is 26.4 Å². The van der Waals surface area contributed by atoms with E-state index in [2.05, 4.69) is 10.4 Å². The lowest BCUT2D eigenvalue weighted by Crippen LogP contribution is -2.27. The van der Waals surface area contributed by atoms with Crippen LogP contribution >= 0.6 is 0 Å². The van der Waals surface area contributed by atoms with Gasteiger partial charge in [0.15, 0.2) is 0 Å². The Morgan fingerprint density at radius 2 is 1.91 bits per heavy atom. The van der Waals surface area contributed by atoms with E-state index in [1.54, 1.807) is 30.3 Å². The van der Waals surface area contributed by atoms with E-state index in [-0.39, 0.29) is 10.6 Å². The van der Waals surface area contributed by atoms with Crippen LogP contribution in [0.2, 0.25) is 0 Å². The Balaban J connectivity index is 1.59. The number of anilines is 2. The highest BCUT2D eigenvalue weighted by Gasteiger charge is 2.35. The summed E-state index contributed by atoms with van der Waals surface area (Å²) in [5.74, 6) is -0.553. The van der Waals surface area contributed by atoms with Crippen molar-refractivity contribution >= 4 is 27.3 Å². The third-order valence-corrected chi connectivity index (χ3v) is 6.27. The van der Waals surface area contributed by atoms with Gasteiger partial charge in [0, 0.05) is 12.3 Å². The molecule has 0 saturated carbocycles. The smallest absolute Gasteiger partial charge is 0.368 e. The Morgan fingerprint density at radius 3 is 2.58 bits per heavy atom. The van der Waals surface area contributed by atoms with Crippen molar-refractivity contribution in [2.75, 3.05) is 16.6 Å². The fourth-order valence-electron chi connectivity index (χ4n) is 3.32. The first kappa shape index (κ1) is 22.8. The lowest BCUT2D eigenvalue weighted by atomic mass is 10.1. The van der Waals surface area contributed by atoms with Crippen molar-refractivity contribution in [3.63, 3.8) is 0 Å². The number of carbonyl (C=O) groups is 1. The van der Waals surface area contributed by atoms with Crippen LogP contribution in [-0.4, -0.2) is 36.8 Å². The molecule has 4 rings (SSSR count). The second kappa shape index (κ2) is 8.87. The van der Waals surface area contributed by atoms with Gasteiger partial charge in [0.05, 0.1) is 29.3 Å². The summed E-state index contributed by atoms with van der Waals surface area (Å²) in [6.45, 7) is 0.410. The molecule has 1 aromatic heterocycles. The van der Waals surface area contributed by atoms with Crippen LogP contribution < -0.4 is 10.0 Å². The highest BCUT2D eigenvalue weighted by molar-refractivity contribution is 7.92. The standard InChI is InChI=1S/C21H19F3N4O4S/c22-21(23,24)17-11-14(26-20(29)19-7-4-10-32-19)8-9-18(17)27-33(30,31)16-12-25-28(13-16)15-5-2-1-3-6-15/h1-3,5-6,8-9,11-13,19,27H,4,7,10H2,(H,26,29). The summed E-state index contributed by atoms with van der Waals surface area (Å²) in [4.78, 5) is 11.8. The molecule has 0 aliphatic carbocycles. The predicted octanol–water partition coefficient (Wildman–Crippen LogP) is 3.81. The van der Waals surface area contributed by atoms with E-state index in [0.717, 1.165) is 12.3 Å². The van der Waals surface area contributed by atoms with Crippen LogP contribution in [-0.2, 0) is 25.7 Å². The number of nitrogens with zero attached hydrogens (tertiary/aromatic N) is 2. The van der Waals surface area contributed by atoms with Crippen LogP contribution in [0.3, 0.4) is 0 Å². The minimum atomic E-state index is -4.88. The molecule has 1 saturated heterocycles. The minimum absolute atomic E-state index is 0.123. The summed E-state index contributed by atoms with van der Waals surface area (Å²) < 4.78 is 75.0. The Bertz CT molecular complexity index is 1250. The third-order valence-electron chi connectivity index (χ3n) is 4.95. The molecule has 1 fully saturated rings. The van der Waals surface area contributed by atoms with E-state index < -0.39 is 39.5 Å². The van der Waals surface area contributed by atoms with Crippen molar-refractivity contribution in [2.24, 2.45) is 0 Å². The van der Waals surface area contributed by atoms with Crippen LogP contribution in [0.1, 0.15) is 18.4 Å². The number of hydrogen-bond acceptors (Lipinski definition) is 5. The first-order valence-electron chi connectivity index (χ1n) is 9.90. The molecule has 2 N–H and O–H groups in total. The highest BCUT2D eigenvalue weighted by Crippen LogP contribution is 2.37. The molecule has 0 radical (unpaired) electrons. The fraction of sp³-hybridized carbons (Fsp3) is 0.238. The maximum absolute atomic E-state index is 13.7. The third kappa shape index (κ3) is 5.17. The zero-order chi connectivity index (χ0) is 23.6. The van der Waals surface area contributed by atoms with E-state index >= 15 is 0 Å². The van der Waals surface area contributed by atoms with Gasteiger partial charge in [-0.2, -0.15) is 18.3 Å². The molecule has 1 atom stereocenters. The van der Waals surface area contributed by atoms with Crippen LogP contribution in [0.25, 0.3) is 5.69 Å². The van der Waals surface area contributed by atoms with Crippen LogP contribution in [0.15, 0.2) is 65.8 Å². The maximum atomic E-state index is 13.7. The molecule has 0 spiro atoms. The Morgan fingerprint density at radius 1 is 1.15 bits per heavy atom. The first-order chi connectivity index (χ1) is 15.6. The normalized spacial score (nSPS) is 16.5. The quantitative estimate of drug-likeness (QED) is 0.559. The summed E-state index contributed by atoms with van der Waals surface area (Å²) in [6, 6.07) is 11.5. The molecule has 1 amide bonds. The summed E-state index contributed by atoms with van der Waals surface area (Å²) in [7, 11) is -4.37. The van der Waals surface area contributed by atoms with Crippen LogP contribution in [0, 0.1) is 0 Å². The first-order valence-corrected chi connectivity index (χ1v) is 11.4. The molecule has 8 nitrogen and oxygen atoms in total. The summed E-state index contributed by atoms with van der Waals surface area (Å²) in [5, 5.41) is 6.35. The van der Waals surface area contributed by atoms with Gasteiger partial charge >= 0.3 is 6.18 Å². The van der Waals surface area contributed by atoms with Crippen molar-refractivity contribution < 1.29 is 31.1 Å². The topological polar surface area (TPSA) is 102 Å². The summed E-state index contributed by atoms with van der Waals surface area (Å²) >= 11 is 0. The van der Waals surface area contributed by atoms with Gasteiger partial charge in [0.1, 0.15) is 11.0 Å². The average Bonchev–Trinajstić information content (AvgIpc) is 3.47. The molecule has 1 aliphatic heterocycles. The number of hydrogen-bond donors (Lipinski definition) is 2. The number of para-hydroxylation sites is 1. The number of alkyl halides is 3. The number of ether oxygens (including phenoxy) is 1. The van der Waals surface area contributed by atoms with Gasteiger partial charge in [-0.3, -0.25) is 9.52 Å². The summed E-state index contributed by atoms with van der Waals surface area (Å²) in [6.07, 6.45) is -2.20. The number of aromatic nitrogens is 2. The number of nitrogens with one attached hydrogen (secondary N) is 2. The highest BCUT2D eigenvalue weighted by atomic mass is 32.2. The average molecular weight is 480 g/mol. The summed E-state index contributed by atoms with van der Waals surface area (Å²) in [5.41, 5.74) is -1.46. The minimum Gasteiger partial charge on any atom is -0.368 e. The number of halogens is 3. The molecule has 1 unspecified atom stereocenters. The second-order valence-electron chi connectivity index (χ2n) is 7.31. The number of carbonyl (C=O) groups excluding carboxylic acids is 1. The van der Waals surface area contributed by atoms with E-state index in [4.69, 9.17) is 4.74 Å². The molecule has 0 bridgehead atoms. The fourth-order valence-corrected chi connectivity index (χ4v) is 4.33. The number of amides is 1. The van der Waals surface area contributed by atoms with Crippen molar-refractivity contribution in [1.29, 1.82) is 0 Å². The van der Waals surface area contributed by atoms with Crippen molar-refractivity contribution in [2.45, 2.75) is 30.0 Å². The number of rotatable bonds is 6. The van der Waals surface area contributed by atoms with Gasteiger partial charge < -0.3 is 10.1 Å². The molecule has 1 aliphatic rings. The monoisotopic (exact) mass is 480 g/mol. The van der Waals surface area contributed by atoms with E-state index in [1.807, 2.05) is 4.72 Å². The van der Waals surface area contributed by atoms with Crippen LogP contribution in [0.4, 0.5) is 24.5 Å². The molecule has 2 aromatic carbocycles. The number of benzene rings is 2. The molecular weight excluding hydrogens is 461 g/mol. The predicted molar refractivity (Wildman–Crippen MR) is 113 cm³/mol. The zero-order valence-corrected chi connectivity index (χ0v) is 17.9.